The van der Waals surface area contributed by atoms with E-state index in [-0.39, 0.29) is 16.9 Å². The van der Waals surface area contributed by atoms with Crippen LogP contribution in [0.5, 0.6) is 0 Å². The normalized spacial score (nSPS) is 31.2. The van der Waals surface area contributed by atoms with Gasteiger partial charge in [-0.3, -0.25) is 0 Å². The third kappa shape index (κ3) is 1.50. The van der Waals surface area contributed by atoms with Crippen LogP contribution in [0.15, 0.2) is 12.1 Å². The fourth-order valence-electron chi connectivity index (χ4n) is 4.29. The zero-order valence-corrected chi connectivity index (χ0v) is 12.2. The van der Waals surface area contributed by atoms with Crippen LogP contribution in [-0.2, 0) is 17.3 Å². The largest absolute Gasteiger partial charge is 0.388 e. The third-order valence-corrected chi connectivity index (χ3v) is 5.02. The molecule has 0 bridgehead atoms. The van der Waals surface area contributed by atoms with Gasteiger partial charge in [-0.2, -0.15) is 0 Å². The lowest BCUT2D eigenvalue weighted by Crippen LogP contribution is -2.18. The van der Waals surface area contributed by atoms with Gasteiger partial charge in [0.05, 0.1) is 6.10 Å². The molecule has 98 valence electrons. The van der Waals surface area contributed by atoms with Crippen LogP contribution in [0.25, 0.3) is 0 Å². The van der Waals surface area contributed by atoms with Crippen molar-refractivity contribution in [2.75, 3.05) is 0 Å². The van der Waals surface area contributed by atoms with Crippen LogP contribution >= 0.6 is 0 Å². The minimum Gasteiger partial charge on any atom is -0.388 e. The fourth-order valence-corrected chi connectivity index (χ4v) is 4.29. The van der Waals surface area contributed by atoms with Crippen molar-refractivity contribution >= 4 is 0 Å². The molecule has 3 rings (SSSR count). The van der Waals surface area contributed by atoms with Crippen LogP contribution in [0.1, 0.15) is 69.4 Å². The molecular formula is C17H24O. The summed E-state index contributed by atoms with van der Waals surface area (Å²) in [4.78, 5) is 0. The SMILES string of the molecule is CC1Cc2cc3c(cc2C1O)C(C)(C)CC3(C)C. The predicted molar refractivity (Wildman–Crippen MR) is 74.9 cm³/mol. The summed E-state index contributed by atoms with van der Waals surface area (Å²) in [6.45, 7) is 11.5. The molecule has 2 aliphatic carbocycles. The van der Waals surface area contributed by atoms with E-state index >= 15 is 0 Å². The van der Waals surface area contributed by atoms with E-state index in [0.29, 0.717) is 5.92 Å². The molecule has 0 spiro atoms. The summed E-state index contributed by atoms with van der Waals surface area (Å²) < 4.78 is 0. The maximum atomic E-state index is 10.3. The molecule has 0 aliphatic heterocycles. The first-order valence-corrected chi connectivity index (χ1v) is 7.08. The van der Waals surface area contributed by atoms with Gasteiger partial charge < -0.3 is 5.11 Å². The Bertz CT molecular complexity index is 511. The molecule has 0 amide bonds. The lowest BCUT2D eigenvalue weighted by Gasteiger charge is -2.22. The van der Waals surface area contributed by atoms with Gasteiger partial charge in [-0.1, -0.05) is 46.8 Å². The molecule has 0 radical (unpaired) electrons. The van der Waals surface area contributed by atoms with Crippen LogP contribution in [-0.4, -0.2) is 5.11 Å². The summed E-state index contributed by atoms with van der Waals surface area (Å²) in [7, 11) is 0. The smallest absolute Gasteiger partial charge is 0.0821 e. The van der Waals surface area contributed by atoms with Crippen LogP contribution in [0, 0.1) is 5.92 Å². The summed E-state index contributed by atoms with van der Waals surface area (Å²) in [6, 6.07) is 4.68. The van der Waals surface area contributed by atoms with Crippen molar-refractivity contribution in [1.29, 1.82) is 0 Å². The number of hydrogen-bond donors (Lipinski definition) is 1. The molecule has 1 aromatic rings. The topological polar surface area (TPSA) is 20.2 Å². The van der Waals surface area contributed by atoms with Crippen molar-refractivity contribution in [3.05, 3.63) is 34.4 Å². The second-order valence-corrected chi connectivity index (χ2v) is 7.67. The Morgan fingerprint density at radius 3 is 2.22 bits per heavy atom. The van der Waals surface area contributed by atoms with Crippen molar-refractivity contribution < 1.29 is 5.11 Å². The standard InChI is InChI=1S/C17H24O/c1-10-6-11-7-13-14(8-12(11)15(10)18)17(4,5)9-16(13,2)3/h7-8,10,15,18H,6,9H2,1-5H3. The van der Waals surface area contributed by atoms with Crippen LogP contribution in [0.4, 0.5) is 0 Å². The molecule has 2 aliphatic rings. The van der Waals surface area contributed by atoms with E-state index in [9.17, 15) is 5.11 Å². The van der Waals surface area contributed by atoms with Gasteiger partial charge in [0, 0.05) is 0 Å². The van der Waals surface area contributed by atoms with Crippen LogP contribution in [0.3, 0.4) is 0 Å². The first kappa shape index (κ1) is 12.2. The molecule has 0 fully saturated rings. The van der Waals surface area contributed by atoms with Gasteiger partial charge in [-0.25, -0.2) is 0 Å². The summed E-state index contributed by atoms with van der Waals surface area (Å²) in [5, 5.41) is 10.3. The maximum absolute atomic E-state index is 10.3. The highest BCUT2D eigenvalue weighted by Gasteiger charge is 2.43. The van der Waals surface area contributed by atoms with Crippen LogP contribution < -0.4 is 0 Å². The quantitative estimate of drug-likeness (QED) is 0.734. The third-order valence-electron chi connectivity index (χ3n) is 5.02. The van der Waals surface area contributed by atoms with Gasteiger partial charge in [0.2, 0.25) is 0 Å². The molecule has 1 nitrogen and oxygen atoms in total. The first-order chi connectivity index (χ1) is 8.22. The monoisotopic (exact) mass is 244 g/mol. The number of aliphatic hydroxyl groups is 1. The summed E-state index contributed by atoms with van der Waals surface area (Å²) in [5.41, 5.74) is 6.03. The lowest BCUT2D eigenvalue weighted by molar-refractivity contribution is 0.132. The second kappa shape index (κ2) is 3.39. The van der Waals surface area contributed by atoms with E-state index in [1.54, 1.807) is 0 Å². The van der Waals surface area contributed by atoms with Crippen molar-refractivity contribution in [2.45, 2.75) is 64.4 Å². The molecule has 2 atom stereocenters. The molecule has 0 heterocycles. The van der Waals surface area contributed by atoms with Gasteiger partial charge in [0.15, 0.2) is 0 Å². The van der Waals surface area contributed by atoms with Crippen molar-refractivity contribution in [3.63, 3.8) is 0 Å². The number of rotatable bonds is 0. The Morgan fingerprint density at radius 1 is 1.06 bits per heavy atom. The number of hydrogen-bond acceptors (Lipinski definition) is 1. The summed E-state index contributed by atoms with van der Waals surface area (Å²) in [6.07, 6.45) is 1.97. The molecule has 2 unspecified atom stereocenters. The average Bonchev–Trinajstić information content (AvgIpc) is 2.60. The average molecular weight is 244 g/mol. The highest BCUT2D eigenvalue weighted by atomic mass is 16.3. The highest BCUT2D eigenvalue weighted by molar-refractivity contribution is 5.51. The minimum atomic E-state index is -0.259. The number of fused-ring (bicyclic) bond motifs is 2. The van der Waals surface area contributed by atoms with E-state index in [0.717, 1.165) is 6.42 Å². The van der Waals surface area contributed by atoms with Gasteiger partial charge >= 0.3 is 0 Å². The van der Waals surface area contributed by atoms with Gasteiger partial charge in [-0.15, -0.1) is 0 Å². The maximum Gasteiger partial charge on any atom is 0.0821 e. The highest BCUT2D eigenvalue weighted by Crippen LogP contribution is 2.52. The molecule has 0 saturated carbocycles. The second-order valence-electron chi connectivity index (χ2n) is 7.67. The molecule has 1 N–H and O–H groups in total. The predicted octanol–water partition coefficient (Wildman–Crippen LogP) is 3.87. The first-order valence-electron chi connectivity index (χ1n) is 7.08. The van der Waals surface area contributed by atoms with E-state index in [1.807, 2.05) is 0 Å². The number of aliphatic hydroxyl groups excluding tert-OH is 1. The molecular weight excluding hydrogens is 220 g/mol. The van der Waals surface area contributed by atoms with E-state index in [4.69, 9.17) is 0 Å². The Hall–Kier alpha value is -0.820. The van der Waals surface area contributed by atoms with E-state index < -0.39 is 0 Å². The van der Waals surface area contributed by atoms with Crippen molar-refractivity contribution in [2.24, 2.45) is 5.92 Å². The van der Waals surface area contributed by atoms with Gasteiger partial charge in [0.25, 0.3) is 0 Å². The van der Waals surface area contributed by atoms with Crippen LogP contribution in [0.2, 0.25) is 0 Å². The Balaban J connectivity index is 2.21. The van der Waals surface area contributed by atoms with Gasteiger partial charge in [-0.05, 0) is 51.8 Å². The number of benzene rings is 1. The zero-order chi connectivity index (χ0) is 13.3. The summed E-state index contributed by atoms with van der Waals surface area (Å²) >= 11 is 0. The molecule has 0 aromatic heterocycles. The fraction of sp³-hybridized carbons (Fsp3) is 0.647. The van der Waals surface area contributed by atoms with E-state index in [1.165, 1.54) is 28.7 Å². The van der Waals surface area contributed by atoms with Crippen molar-refractivity contribution in [3.8, 4) is 0 Å². The molecule has 1 heteroatoms. The van der Waals surface area contributed by atoms with E-state index in [2.05, 4.69) is 46.8 Å². The summed E-state index contributed by atoms with van der Waals surface area (Å²) in [5.74, 6) is 0.369. The molecule has 1 aromatic carbocycles. The Kier molecular flexibility index (Phi) is 2.30. The van der Waals surface area contributed by atoms with Gasteiger partial charge in [0.1, 0.15) is 0 Å². The van der Waals surface area contributed by atoms with Crippen molar-refractivity contribution in [1.82, 2.24) is 0 Å². The lowest BCUT2D eigenvalue weighted by atomic mass is 9.82. The Morgan fingerprint density at radius 2 is 1.61 bits per heavy atom. The molecule has 18 heavy (non-hydrogen) atoms. The zero-order valence-electron chi connectivity index (χ0n) is 12.2. The molecule has 0 saturated heterocycles. The Labute approximate surface area is 110 Å². The minimum absolute atomic E-state index is 0.236.